The van der Waals surface area contributed by atoms with Gasteiger partial charge in [-0.15, -0.1) is 0 Å². The Morgan fingerprint density at radius 2 is 1.61 bits per heavy atom. The van der Waals surface area contributed by atoms with Gasteiger partial charge >= 0.3 is 0 Å². The molecular weight excluding hydrogens is 218 g/mol. The zero-order valence-electron chi connectivity index (χ0n) is 12.3. The molecule has 100 valence electrons. The molecule has 1 saturated carbocycles. The smallest absolute Gasteiger partial charge is 0.00882 e. The molecule has 1 aliphatic rings. The molecule has 0 saturated heterocycles. The van der Waals surface area contributed by atoms with E-state index in [1.54, 1.807) is 0 Å². The molecule has 0 spiro atoms. The van der Waals surface area contributed by atoms with Crippen LogP contribution in [0.3, 0.4) is 0 Å². The van der Waals surface area contributed by atoms with Gasteiger partial charge in [-0.25, -0.2) is 0 Å². The first-order valence-corrected chi connectivity index (χ1v) is 7.31. The Morgan fingerprint density at radius 1 is 1.06 bits per heavy atom. The minimum Gasteiger partial charge on any atom is -0.319 e. The van der Waals surface area contributed by atoms with Crippen LogP contribution >= 0.6 is 0 Å². The lowest BCUT2D eigenvalue weighted by Gasteiger charge is -2.57. The fourth-order valence-electron chi connectivity index (χ4n) is 3.81. The maximum Gasteiger partial charge on any atom is 0.00882 e. The lowest BCUT2D eigenvalue weighted by Crippen LogP contribution is -2.54. The van der Waals surface area contributed by atoms with E-state index in [-0.39, 0.29) is 0 Å². The van der Waals surface area contributed by atoms with Gasteiger partial charge in [0.1, 0.15) is 0 Å². The second kappa shape index (κ2) is 5.05. The Balaban J connectivity index is 2.23. The molecule has 0 radical (unpaired) electrons. The molecule has 0 heterocycles. The first kappa shape index (κ1) is 13.6. The van der Waals surface area contributed by atoms with Gasteiger partial charge in [0.2, 0.25) is 0 Å². The van der Waals surface area contributed by atoms with Gasteiger partial charge in [0.15, 0.2) is 0 Å². The summed E-state index contributed by atoms with van der Waals surface area (Å²) in [4.78, 5) is 0. The monoisotopic (exact) mass is 245 g/mol. The summed E-state index contributed by atoms with van der Waals surface area (Å²) in [6.07, 6.45) is 5.33. The molecule has 18 heavy (non-hydrogen) atoms. The topological polar surface area (TPSA) is 12.0 Å². The van der Waals surface area contributed by atoms with Crippen LogP contribution < -0.4 is 5.32 Å². The summed E-state index contributed by atoms with van der Waals surface area (Å²) >= 11 is 0. The van der Waals surface area contributed by atoms with Crippen LogP contribution in [0.2, 0.25) is 0 Å². The average molecular weight is 245 g/mol. The molecule has 0 aliphatic heterocycles. The van der Waals surface area contributed by atoms with Crippen molar-refractivity contribution in [1.29, 1.82) is 0 Å². The van der Waals surface area contributed by atoms with E-state index in [0.717, 1.165) is 6.54 Å². The molecule has 0 bridgehead atoms. The normalized spacial score (nSPS) is 20.4. The molecule has 2 rings (SSSR count). The van der Waals surface area contributed by atoms with Crippen molar-refractivity contribution in [2.75, 3.05) is 13.6 Å². The molecule has 0 atom stereocenters. The van der Waals surface area contributed by atoms with E-state index in [0.29, 0.717) is 10.8 Å². The van der Waals surface area contributed by atoms with Crippen molar-refractivity contribution in [3.63, 3.8) is 0 Å². The van der Waals surface area contributed by atoms with Gasteiger partial charge < -0.3 is 5.32 Å². The highest BCUT2D eigenvalue weighted by molar-refractivity contribution is 5.33. The Labute approximate surface area is 112 Å². The highest BCUT2D eigenvalue weighted by atomic mass is 14.8. The Morgan fingerprint density at radius 3 is 2.06 bits per heavy atom. The first-order chi connectivity index (χ1) is 8.60. The Hall–Kier alpha value is -0.820. The van der Waals surface area contributed by atoms with Crippen LogP contribution in [0.5, 0.6) is 0 Å². The summed E-state index contributed by atoms with van der Waals surface area (Å²) in [7, 11) is 2.08. The number of hydrogen-bond acceptors (Lipinski definition) is 1. The van der Waals surface area contributed by atoms with E-state index in [9.17, 15) is 0 Å². The zero-order valence-corrected chi connectivity index (χ0v) is 12.3. The highest BCUT2D eigenvalue weighted by Crippen LogP contribution is 2.58. The summed E-state index contributed by atoms with van der Waals surface area (Å²) in [5.41, 5.74) is 3.87. The van der Waals surface area contributed by atoms with E-state index in [1.165, 1.54) is 36.8 Å². The summed E-state index contributed by atoms with van der Waals surface area (Å²) in [6, 6.07) is 9.18. The van der Waals surface area contributed by atoms with Crippen molar-refractivity contribution in [3.05, 3.63) is 35.4 Å². The van der Waals surface area contributed by atoms with E-state index >= 15 is 0 Å². The van der Waals surface area contributed by atoms with Crippen LogP contribution in [0.25, 0.3) is 0 Å². The molecule has 1 nitrogen and oxygen atoms in total. The van der Waals surface area contributed by atoms with Crippen molar-refractivity contribution in [1.82, 2.24) is 5.32 Å². The molecule has 1 fully saturated rings. The molecular formula is C17H27N. The SMILES string of the molecule is CCC1(CC)CC(CNC)(c2ccc(C)cc2)C1. The lowest BCUT2D eigenvalue weighted by molar-refractivity contribution is 0.0140. The average Bonchev–Trinajstić information content (AvgIpc) is 2.35. The van der Waals surface area contributed by atoms with Crippen molar-refractivity contribution >= 4 is 0 Å². The number of likely N-dealkylation sites (N-methyl/N-ethyl adjacent to an activating group) is 1. The molecule has 1 N–H and O–H groups in total. The van der Waals surface area contributed by atoms with Gasteiger partial charge in [0.05, 0.1) is 0 Å². The van der Waals surface area contributed by atoms with Gasteiger partial charge in [-0.05, 0) is 37.8 Å². The molecule has 1 aromatic rings. The van der Waals surface area contributed by atoms with Crippen LogP contribution in [0.1, 0.15) is 50.7 Å². The third-order valence-electron chi connectivity index (χ3n) is 5.11. The maximum absolute atomic E-state index is 3.41. The molecule has 1 aliphatic carbocycles. The summed E-state index contributed by atoms with van der Waals surface area (Å²) in [6.45, 7) is 7.97. The van der Waals surface area contributed by atoms with Crippen molar-refractivity contribution in [2.45, 2.75) is 51.9 Å². The van der Waals surface area contributed by atoms with E-state index < -0.39 is 0 Å². The summed E-state index contributed by atoms with van der Waals surface area (Å²) in [5.74, 6) is 0. The molecule has 0 aromatic heterocycles. The largest absolute Gasteiger partial charge is 0.319 e. The van der Waals surface area contributed by atoms with Gasteiger partial charge in [-0.1, -0.05) is 56.5 Å². The minimum absolute atomic E-state index is 0.383. The van der Waals surface area contributed by atoms with Crippen molar-refractivity contribution < 1.29 is 0 Å². The molecule has 1 aromatic carbocycles. The first-order valence-electron chi connectivity index (χ1n) is 7.31. The number of nitrogens with one attached hydrogen (secondary N) is 1. The number of benzene rings is 1. The molecule has 0 unspecified atom stereocenters. The van der Waals surface area contributed by atoms with Gasteiger partial charge in [0, 0.05) is 12.0 Å². The van der Waals surface area contributed by atoms with Crippen LogP contribution in [0.4, 0.5) is 0 Å². The molecule has 0 amide bonds. The van der Waals surface area contributed by atoms with Gasteiger partial charge in [0.25, 0.3) is 0 Å². The van der Waals surface area contributed by atoms with E-state index in [4.69, 9.17) is 0 Å². The van der Waals surface area contributed by atoms with E-state index in [1.807, 2.05) is 0 Å². The number of rotatable bonds is 5. The zero-order chi connectivity index (χ0) is 13.2. The summed E-state index contributed by atoms with van der Waals surface area (Å²) < 4.78 is 0. The van der Waals surface area contributed by atoms with E-state index in [2.05, 4.69) is 57.4 Å². The summed E-state index contributed by atoms with van der Waals surface area (Å²) in [5, 5.41) is 3.41. The second-order valence-electron chi connectivity index (χ2n) is 6.24. The highest BCUT2D eigenvalue weighted by Gasteiger charge is 2.52. The predicted octanol–water partition coefficient (Wildman–Crippen LogP) is 4.05. The fraction of sp³-hybridized carbons (Fsp3) is 0.647. The van der Waals surface area contributed by atoms with Crippen LogP contribution in [-0.4, -0.2) is 13.6 Å². The Kier molecular flexibility index (Phi) is 3.82. The lowest BCUT2D eigenvalue weighted by atomic mass is 9.48. The van der Waals surface area contributed by atoms with Gasteiger partial charge in [-0.2, -0.15) is 0 Å². The second-order valence-corrected chi connectivity index (χ2v) is 6.24. The number of aryl methyl sites for hydroxylation is 1. The minimum atomic E-state index is 0.383. The van der Waals surface area contributed by atoms with Gasteiger partial charge in [-0.3, -0.25) is 0 Å². The Bertz CT molecular complexity index is 379. The fourth-order valence-corrected chi connectivity index (χ4v) is 3.81. The maximum atomic E-state index is 3.41. The molecule has 1 heteroatoms. The quantitative estimate of drug-likeness (QED) is 0.825. The van der Waals surface area contributed by atoms with Crippen LogP contribution in [0, 0.1) is 12.3 Å². The predicted molar refractivity (Wildman–Crippen MR) is 79.0 cm³/mol. The number of hydrogen-bond donors (Lipinski definition) is 1. The van der Waals surface area contributed by atoms with Crippen LogP contribution in [0.15, 0.2) is 24.3 Å². The third-order valence-corrected chi connectivity index (χ3v) is 5.11. The van der Waals surface area contributed by atoms with Crippen LogP contribution in [-0.2, 0) is 5.41 Å². The standard InChI is InChI=1S/C17H27N/c1-5-16(6-2)11-17(12-16,13-18-4)15-9-7-14(3)8-10-15/h7-10,18H,5-6,11-13H2,1-4H3. The van der Waals surface area contributed by atoms with Crippen molar-refractivity contribution in [3.8, 4) is 0 Å². The third kappa shape index (κ3) is 2.21. The van der Waals surface area contributed by atoms with Crippen molar-refractivity contribution in [2.24, 2.45) is 5.41 Å².